The van der Waals surface area contributed by atoms with Gasteiger partial charge in [-0.1, -0.05) is 6.92 Å². The average molecular weight is 306 g/mol. The summed E-state index contributed by atoms with van der Waals surface area (Å²) in [4.78, 5) is 10.2. The minimum Gasteiger partial charge on any atom is -0.356 e. The van der Waals surface area contributed by atoms with E-state index in [2.05, 4.69) is 27.5 Å². The predicted molar refractivity (Wildman–Crippen MR) is 89.0 cm³/mol. The van der Waals surface area contributed by atoms with Crippen LogP contribution in [0.15, 0.2) is 11.2 Å². The van der Waals surface area contributed by atoms with E-state index in [1.54, 1.807) is 0 Å². The molecule has 4 nitrogen and oxygen atoms in total. The van der Waals surface area contributed by atoms with Crippen molar-refractivity contribution in [3.63, 3.8) is 0 Å². The van der Waals surface area contributed by atoms with Crippen LogP contribution in [0.5, 0.6) is 0 Å². The molecule has 2 N–H and O–H groups in total. The summed E-state index contributed by atoms with van der Waals surface area (Å²) in [7, 11) is 1.85. The highest BCUT2D eigenvalue weighted by molar-refractivity contribution is 7.11. The first-order valence-electron chi connectivity index (χ1n) is 8.14. The minimum absolute atomic E-state index is 0.614. The zero-order chi connectivity index (χ0) is 14.7. The number of nitrogens with one attached hydrogen (secondary N) is 2. The highest BCUT2D eigenvalue weighted by atomic mass is 32.1. The van der Waals surface area contributed by atoms with Gasteiger partial charge in [-0.2, -0.15) is 0 Å². The van der Waals surface area contributed by atoms with Crippen LogP contribution in [0.2, 0.25) is 0 Å². The number of aliphatic imine (C=N–C) groups is 1. The topological polar surface area (TPSA) is 49.3 Å². The lowest BCUT2D eigenvalue weighted by atomic mass is 10.0. The molecule has 0 radical (unpaired) electrons. The van der Waals surface area contributed by atoms with Crippen LogP contribution < -0.4 is 10.6 Å². The molecule has 3 rings (SSSR count). The second-order valence-corrected chi connectivity index (χ2v) is 7.51. The van der Waals surface area contributed by atoms with Gasteiger partial charge in [0.15, 0.2) is 5.96 Å². The Kier molecular flexibility index (Phi) is 4.48. The van der Waals surface area contributed by atoms with Crippen molar-refractivity contribution in [3.8, 4) is 0 Å². The van der Waals surface area contributed by atoms with E-state index in [1.165, 1.54) is 35.6 Å². The zero-order valence-corrected chi connectivity index (χ0v) is 13.9. The van der Waals surface area contributed by atoms with E-state index in [0.29, 0.717) is 5.41 Å². The van der Waals surface area contributed by atoms with E-state index in [0.717, 1.165) is 37.8 Å². The highest BCUT2D eigenvalue weighted by Gasteiger charge is 2.53. The number of aryl methyl sites for hydroxylation is 1. The van der Waals surface area contributed by atoms with E-state index >= 15 is 0 Å². The Bertz CT molecular complexity index is 500. The van der Waals surface area contributed by atoms with E-state index in [1.807, 2.05) is 24.6 Å². The summed E-state index contributed by atoms with van der Waals surface area (Å²) in [6.07, 6.45) is 9.74. The Labute approximate surface area is 131 Å². The standard InChI is InChI=1S/C16H26N4S/c1-3-13-10-19-14(21-13)6-9-18-15(17-2)20-11-16(7-8-16)12-4-5-12/h10,12H,3-9,11H2,1-2H3,(H2,17,18,20). The summed E-state index contributed by atoms with van der Waals surface area (Å²) in [6.45, 7) is 4.16. The fourth-order valence-corrected chi connectivity index (χ4v) is 3.84. The van der Waals surface area contributed by atoms with Gasteiger partial charge >= 0.3 is 0 Å². The largest absolute Gasteiger partial charge is 0.356 e. The van der Waals surface area contributed by atoms with Crippen molar-refractivity contribution in [3.05, 3.63) is 16.1 Å². The third-order valence-corrected chi connectivity index (χ3v) is 5.95. The Morgan fingerprint density at radius 2 is 2.24 bits per heavy atom. The van der Waals surface area contributed by atoms with Crippen molar-refractivity contribution in [2.45, 2.75) is 45.4 Å². The van der Waals surface area contributed by atoms with Gasteiger partial charge in [0.1, 0.15) is 0 Å². The lowest BCUT2D eigenvalue weighted by molar-refractivity contribution is 0.431. The van der Waals surface area contributed by atoms with Crippen molar-refractivity contribution >= 4 is 17.3 Å². The third kappa shape index (κ3) is 3.76. The van der Waals surface area contributed by atoms with Gasteiger partial charge in [0.2, 0.25) is 0 Å². The van der Waals surface area contributed by atoms with Gasteiger partial charge in [-0.3, -0.25) is 4.99 Å². The van der Waals surface area contributed by atoms with Crippen molar-refractivity contribution in [2.24, 2.45) is 16.3 Å². The van der Waals surface area contributed by atoms with Gasteiger partial charge in [-0.05, 0) is 43.4 Å². The Morgan fingerprint density at radius 1 is 1.43 bits per heavy atom. The molecule has 2 saturated carbocycles. The first kappa shape index (κ1) is 14.8. The Hall–Kier alpha value is -1.10. The van der Waals surface area contributed by atoms with Crippen LogP contribution in [0.25, 0.3) is 0 Å². The van der Waals surface area contributed by atoms with E-state index in [-0.39, 0.29) is 0 Å². The normalized spacial score (nSPS) is 20.4. The molecule has 1 aromatic heterocycles. The lowest BCUT2D eigenvalue weighted by Gasteiger charge is -2.17. The van der Waals surface area contributed by atoms with Gasteiger partial charge < -0.3 is 10.6 Å². The van der Waals surface area contributed by atoms with Crippen molar-refractivity contribution in [1.29, 1.82) is 0 Å². The molecule has 0 amide bonds. The summed E-state index contributed by atoms with van der Waals surface area (Å²) in [5.41, 5.74) is 0.614. The number of aromatic nitrogens is 1. The molecule has 0 bridgehead atoms. The first-order valence-corrected chi connectivity index (χ1v) is 8.95. The predicted octanol–water partition coefficient (Wildman–Crippen LogP) is 2.60. The zero-order valence-electron chi connectivity index (χ0n) is 13.1. The Morgan fingerprint density at radius 3 is 2.81 bits per heavy atom. The number of nitrogens with zero attached hydrogens (tertiary/aromatic N) is 2. The molecule has 0 aromatic carbocycles. The summed E-state index contributed by atoms with van der Waals surface area (Å²) >= 11 is 1.82. The molecule has 0 unspecified atom stereocenters. The number of hydrogen-bond donors (Lipinski definition) is 2. The second kappa shape index (κ2) is 6.34. The van der Waals surface area contributed by atoms with Crippen LogP contribution in [0, 0.1) is 11.3 Å². The molecule has 0 spiro atoms. The molecule has 21 heavy (non-hydrogen) atoms. The monoisotopic (exact) mass is 306 g/mol. The summed E-state index contributed by atoms with van der Waals surface area (Å²) < 4.78 is 0. The van der Waals surface area contributed by atoms with Crippen LogP contribution >= 0.6 is 11.3 Å². The molecule has 0 saturated heterocycles. The molecule has 2 aliphatic carbocycles. The molecule has 5 heteroatoms. The smallest absolute Gasteiger partial charge is 0.191 e. The van der Waals surface area contributed by atoms with Crippen LogP contribution in [0.1, 0.15) is 42.5 Å². The van der Waals surface area contributed by atoms with E-state index < -0.39 is 0 Å². The maximum atomic E-state index is 4.45. The molecule has 0 atom stereocenters. The number of hydrogen-bond acceptors (Lipinski definition) is 3. The van der Waals surface area contributed by atoms with Crippen LogP contribution in [-0.4, -0.2) is 31.1 Å². The number of rotatable bonds is 7. The highest BCUT2D eigenvalue weighted by Crippen LogP contribution is 2.60. The summed E-state index contributed by atoms with van der Waals surface area (Å²) in [6, 6.07) is 0. The van der Waals surface area contributed by atoms with Gasteiger partial charge in [0.05, 0.1) is 5.01 Å². The SMILES string of the molecule is CCc1cnc(CCNC(=NC)NCC2(C3CC3)CC2)s1. The fourth-order valence-electron chi connectivity index (χ4n) is 2.98. The van der Waals surface area contributed by atoms with Gasteiger partial charge in [0, 0.05) is 37.6 Å². The Balaban J connectivity index is 1.38. The number of guanidine groups is 1. The molecule has 2 aliphatic rings. The van der Waals surface area contributed by atoms with Crippen molar-refractivity contribution < 1.29 is 0 Å². The van der Waals surface area contributed by atoms with Gasteiger partial charge in [0.25, 0.3) is 0 Å². The lowest BCUT2D eigenvalue weighted by Crippen LogP contribution is -2.41. The molecule has 0 aliphatic heterocycles. The van der Waals surface area contributed by atoms with Gasteiger partial charge in [-0.25, -0.2) is 4.98 Å². The molecular weight excluding hydrogens is 280 g/mol. The molecule has 1 aromatic rings. The van der Waals surface area contributed by atoms with Crippen LogP contribution in [0.4, 0.5) is 0 Å². The quantitative estimate of drug-likeness (QED) is 0.601. The fraction of sp³-hybridized carbons (Fsp3) is 0.750. The molecule has 2 fully saturated rings. The van der Waals surface area contributed by atoms with Crippen molar-refractivity contribution in [1.82, 2.24) is 15.6 Å². The third-order valence-electron chi connectivity index (χ3n) is 4.75. The minimum atomic E-state index is 0.614. The van der Waals surface area contributed by atoms with Crippen LogP contribution in [0.3, 0.4) is 0 Å². The maximum absolute atomic E-state index is 4.45. The maximum Gasteiger partial charge on any atom is 0.191 e. The average Bonchev–Trinajstić information content (AvgIpc) is 3.41. The molecule has 1 heterocycles. The second-order valence-electron chi connectivity index (χ2n) is 6.31. The van der Waals surface area contributed by atoms with Crippen molar-refractivity contribution in [2.75, 3.05) is 20.1 Å². The van der Waals surface area contributed by atoms with E-state index in [4.69, 9.17) is 0 Å². The van der Waals surface area contributed by atoms with Crippen LogP contribution in [-0.2, 0) is 12.8 Å². The molecular formula is C16H26N4S. The van der Waals surface area contributed by atoms with Gasteiger partial charge in [-0.15, -0.1) is 11.3 Å². The summed E-state index contributed by atoms with van der Waals surface area (Å²) in [5.74, 6) is 1.93. The molecule has 116 valence electrons. The number of thiazole rings is 1. The van der Waals surface area contributed by atoms with E-state index in [9.17, 15) is 0 Å². The first-order chi connectivity index (χ1) is 10.3. The summed E-state index contributed by atoms with van der Waals surface area (Å²) in [5, 5.41) is 8.14.